The van der Waals surface area contributed by atoms with E-state index < -0.39 is 0 Å². The predicted molar refractivity (Wildman–Crippen MR) is 96.1 cm³/mol. The summed E-state index contributed by atoms with van der Waals surface area (Å²) in [6.45, 7) is 3.51. The zero-order valence-corrected chi connectivity index (χ0v) is 14.7. The van der Waals surface area contributed by atoms with Crippen molar-refractivity contribution in [2.45, 2.75) is 32.1 Å². The lowest BCUT2D eigenvalue weighted by Crippen LogP contribution is -2.31. The van der Waals surface area contributed by atoms with Crippen LogP contribution in [0.2, 0.25) is 0 Å². The molecule has 1 unspecified atom stereocenters. The third-order valence-corrected chi connectivity index (χ3v) is 4.75. The molecule has 23 heavy (non-hydrogen) atoms. The summed E-state index contributed by atoms with van der Waals surface area (Å²) >= 11 is 1.70. The largest absolute Gasteiger partial charge is 0.385 e. The molecule has 0 aliphatic rings. The Kier molecular flexibility index (Phi) is 7.30. The van der Waals surface area contributed by atoms with Gasteiger partial charge in [-0.15, -0.1) is 11.3 Å². The van der Waals surface area contributed by atoms with E-state index in [2.05, 4.69) is 48.0 Å². The Morgan fingerprint density at radius 1 is 1.22 bits per heavy atom. The average Bonchev–Trinajstić information content (AvgIpc) is 3.06. The summed E-state index contributed by atoms with van der Waals surface area (Å²) in [7, 11) is 1.70. The second-order valence-electron chi connectivity index (χ2n) is 5.74. The quantitative estimate of drug-likeness (QED) is 0.707. The van der Waals surface area contributed by atoms with Crippen molar-refractivity contribution in [1.29, 1.82) is 0 Å². The average molecular weight is 331 g/mol. The molecule has 2 aromatic rings. The Bertz CT molecular complexity index is 578. The van der Waals surface area contributed by atoms with Gasteiger partial charge in [-0.2, -0.15) is 0 Å². The third-order valence-electron chi connectivity index (χ3n) is 3.86. The summed E-state index contributed by atoms with van der Waals surface area (Å²) in [6, 6.07) is 12.4. The van der Waals surface area contributed by atoms with Crippen LogP contribution < -0.4 is 5.32 Å². The van der Waals surface area contributed by atoms with Gasteiger partial charge in [-0.05, 0) is 43.2 Å². The number of hydrogen-bond donors (Lipinski definition) is 1. The molecule has 4 heteroatoms. The Labute approximate surface area is 142 Å². The van der Waals surface area contributed by atoms with Gasteiger partial charge in [0, 0.05) is 25.1 Å². The maximum atomic E-state index is 12.6. The standard InChI is InChI=1S/C19H25NO2S/c1-15-7-9-16(10-8-15)18(14-17-6-5-13-23-17)19(21)20-11-3-4-12-22-2/h5-10,13,18H,3-4,11-12,14H2,1-2H3,(H,20,21). The van der Waals surface area contributed by atoms with Crippen molar-refractivity contribution in [3.05, 3.63) is 57.8 Å². The molecule has 1 heterocycles. The molecule has 1 amide bonds. The number of amides is 1. The highest BCUT2D eigenvalue weighted by Crippen LogP contribution is 2.24. The highest BCUT2D eigenvalue weighted by Gasteiger charge is 2.21. The number of carbonyl (C=O) groups is 1. The van der Waals surface area contributed by atoms with Crippen LogP contribution in [-0.4, -0.2) is 26.2 Å². The van der Waals surface area contributed by atoms with Gasteiger partial charge in [0.25, 0.3) is 0 Å². The van der Waals surface area contributed by atoms with Crippen LogP contribution in [-0.2, 0) is 16.0 Å². The maximum absolute atomic E-state index is 12.6. The van der Waals surface area contributed by atoms with Gasteiger partial charge in [0.05, 0.1) is 5.92 Å². The monoisotopic (exact) mass is 331 g/mol. The van der Waals surface area contributed by atoms with Crippen LogP contribution in [0.4, 0.5) is 0 Å². The van der Waals surface area contributed by atoms with E-state index in [9.17, 15) is 4.79 Å². The van der Waals surface area contributed by atoms with Crippen molar-refractivity contribution in [3.8, 4) is 0 Å². The maximum Gasteiger partial charge on any atom is 0.227 e. The zero-order chi connectivity index (χ0) is 16.5. The van der Waals surface area contributed by atoms with Crippen molar-refractivity contribution in [1.82, 2.24) is 5.32 Å². The first kappa shape index (κ1) is 17.7. The first-order valence-corrected chi connectivity index (χ1v) is 8.94. The summed E-state index contributed by atoms with van der Waals surface area (Å²) in [5.41, 5.74) is 2.29. The van der Waals surface area contributed by atoms with Crippen molar-refractivity contribution in [3.63, 3.8) is 0 Å². The Morgan fingerprint density at radius 3 is 2.65 bits per heavy atom. The predicted octanol–water partition coefficient (Wildman–Crippen LogP) is 3.93. The summed E-state index contributed by atoms with van der Waals surface area (Å²) in [4.78, 5) is 13.9. The molecular weight excluding hydrogens is 306 g/mol. The summed E-state index contributed by atoms with van der Waals surface area (Å²) in [6.07, 6.45) is 2.67. The molecule has 2 rings (SSSR count). The van der Waals surface area contributed by atoms with E-state index >= 15 is 0 Å². The van der Waals surface area contributed by atoms with Crippen molar-refractivity contribution >= 4 is 17.2 Å². The Balaban J connectivity index is 2.00. The fourth-order valence-electron chi connectivity index (χ4n) is 2.50. The number of thiophene rings is 1. The fourth-order valence-corrected chi connectivity index (χ4v) is 3.25. The number of rotatable bonds is 9. The first-order chi connectivity index (χ1) is 11.2. The molecule has 0 bridgehead atoms. The second-order valence-corrected chi connectivity index (χ2v) is 6.77. The minimum Gasteiger partial charge on any atom is -0.385 e. The van der Waals surface area contributed by atoms with E-state index in [1.165, 1.54) is 10.4 Å². The topological polar surface area (TPSA) is 38.3 Å². The van der Waals surface area contributed by atoms with Crippen molar-refractivity contribution in [2.24, 2.45) is 0 Å². The lowest BCUT2D eigenvalue weighted by Gasteiger charge is -2.17. The van der Waals surface area contributed by atoms with Gasteiger partial charge in [0.15, 0.2) is 0 Å². The lowest BCUT2D eigenvalue weighted by atomic mass is 9.93. The number of nitrogens with one attached hydrogen (secondary N) is 1. The molecule has 0 aliphatic carbocycles. The van der Waals surface area contributed by atoms with Crippen LogP contribution in [0, 0.1) is 6.92 Å². The number of carbonyl (C=O) groups excluding carboxylic acids is 1. The van der Waals surface area contributed by atoms with Crippen LogP contribution in [0.25, 0.3) is 0 Å². The molecule has 0 aliphatic heterocycles. The highest BCUT2D eigenvalue weighted by molar-refractivity contribution is 7.09. The molecule has 1 N–H and O–H groups in total. The molecule has 0 radical (unpaired) electrons. The highest BCUT2D eigenvalue weighted by atomic mass is 32.1. The number of aryl methyl sites for hydroxylation is 1. The summed E-state index contributed by atoms with van der Waals surface area (Å²) in [5, 5.41) is 5.14. The first-order valence-electron chi connectivity index (χ1n) is 8.06. The van der Waals surface area contributed by atoms with Crippen molar-refractivity contribution in [2.75, 3.05) is 20.3 Å². The Morgan fingerprint density at radius 2 is 2.00 bits per heavy atom. The van der Waals surface area contributed by atoms with Crippen LogP contribution in [0.15, 0.2) is 41.8 Å². The van der Waals surface area contributed by atoms with Gasteiger partial charge < -0.3 is 10.1 Å². The smallest absolute Gasteiger partial charge is 0.227 e. The molecule has 1 atom stereocenters. The SMILES string of the molecule is COCCCCNC(=O)C(Cc1cccs1)c1ccc(C)cc1. The number of benzene rings is 1. The van der Waals surface area contributed by atoms with E-state index in [1.54, 1.807) is 18.4 Å². The number of methoxy groups -OCH3 is 1. The summed E-state index contributed by atoms with van der Waals surface area (Å²) < 4.78 is 5.04. The van der Waals surface area contributed by atoms with Gasteiger partial charge >= 0.3 is 0 Å². The van der Waals surface area contributed by atoms with E-state index in [1.807, 2.05) is 6.07 Å². The molecule has 1 aromatic carbocycles. The molecule has 0 spiro atoms. The van der Waals surface area contributed by atoms with Crippen LogP contribution in [0.3, 0.4) is 0 Å². The fraction of sp³-hybridized carbons (Fsp3) is 0.421. The van der Waals surface area contributed by atoms with Crippen LogP contribution in [0.1, 0.15) is 34.8 Å². The molecule has 124 valence electrons. The van der Waals surface area contributed by atoms with Gasteiger partial charge in [-0.1, -0.05) is 35.9 Å². The van der Waals surface area contributed by atoms with Gasteiger partial charge in [0.2, 0.25) is 5.91 Å². The van der Waals surface area contributed by atoms with Crippen LogP contribution >= 0.6 is 11.3 Å². The number of ether oxygens (including phenoxy) is 1. The molecule has 0 saturated heterocycles. The van der Waals surface area contributed by atoms with E-state index in [4.69, 9.17) is 4.74 Å². The zero-order valence-electron chi connectivity index (χ0n) is 13.9. The number of unbranched alkanes of at least 4 members (excludes halogenated alkanes) is 1. The van der Waals surface area contributed by atoms with E-state index in [-0.39, 0.29) is 11.8 Å². The van der Waals surface area contributed by atoms with Gasteiger partial charge in [-0.25, -0.2) is 0 Å². The molecule has 0 saturated carbocycles. The summed E-state index contributed by atoms with van der Waals surface area (Å²) in [5.74, 6) is -0.0173. The molecule has 3 nitrogen and oxygen atoms in total. The molecular formula is C19H25NO2S. The van der Waals surface area contributed by atoms with Crippen molar-refractivity contribution < 1.29 is 9.53 Å². The normalized spacial score (nSPS) is 12.1. The van der Waals surface area contributed by atoms with Gasteiger partial charge in [-0.3, -0.25) is 4.79 Å². The Hall–Kier alpha value is -1.65. The molecule has 1 aromatic heterocycles. The lowest BCUT2D eigenvalue weighted by molar-refractivity contribution is -0.122. The van der Waals surface area contributed by atoms with Crippen LogP contribution in [0.5, 0.6) is 0 Å². The second kappa shape index (κ2) is 9.48. The minimum absolute atomic E-state index is 0.111. The van der Waals surface area contributed by atoms with E-state index in [0.29, 0.717) is 6.54 Å². The van der Waals surface area contributed by atoms with E-state index in [0.717, 1.165) is 31.4 Å². The number of hydrogen-bond acceptors (Lipinski definition) is 3. The van der Waals surface area contributed by atoms with Gasteiger partial charge in [0.1, 0.15) is 0 Å². The minimum atomic E-state index is -0.128. The molecule has 0 fully saturated rings. The third kappa shape index (κ3) is 5.81.